The van der Waals surface area contributed by atoms with Crippen LogP contribution in [0.2, 0.25) is 0 Å². The highest BCUT2D eigenvalue weighted by atomic mass is 32.1. The average molecular weight is 293 g/mol. The van der Waals surface area contributed by atoms with E-state index in [2.05, 4.69) is 51.7 Å². The minimum Gasteiger partial charge on any atom is -0.383 e. The van der Waals surface area contributed by atoms with Crippen LogP contribution in [0.4, 0.5) is 5.95 Å². The highest BCUT2D eigenvalue weighted by Crippen LogP contribution is 2.21. The maximum Gasteiger partial charge on any atom is 0.203 e. The van der Waals surface area contributed by atoms with Gasteiger partial charge in [0.25, 0.3) is 0 Å². The van der Waals surface area contributed by atoms with E-state index in [1.165, 1.54) is 5.56 Å². The van der Waals surface area contributed by atoms with E-state index in [1.54, 1.807) is 18.4 Å². The van der Waals surface area contributed by atoms with Gasteiger partial charge in [-0.2, -0.15) is 11.3 Å². The van der Waals surface area contributed by atoms with Crippen LogP contribution >= 0.6 is 11.3 Å². The van der Waals surface area contributed by atoms with Crippen LogP contribution in [0, 0.1) is 6.92 Å². The topological polar surface area (TPSA) is 39.1 Å². The summed E-state index contributed by atoms with van der Waals surface area (Å²) in [7, 11) is 1.72. The third-order valence-corrected chi connectivity index (χ3v) is 3.96. The van der Waals surface area contributed by atoms with E-state index >= 15 is 0 Å². The van der Waals surface area contributed by atoms with Gasteiger partial charge in [0.15, 0.2) is 0 Å². The monoisotopic (exact) mass is 293 g/mol. The van der Waals surface area contributed by atoms with Crippen LogP contribution in [0.3, 0.4) is 0 Å². The first-order valence-electron chi connectivity index (χ1n) is 6.92. The molecule has 0 saturated heterocycles. The summed E-state index contributed by atoms with van der Waals surface area (Å²) in [5.74, 6) is 0.926. The van der Waals surface area contributed by atoms with Crippen molar-refractivity contribution in [3.05, 3.63) is 34.3 Å². The molecule has 0 aliphatic heterocycles. The lowest BCUT2D eigenvalue weighted by atomic mass is 10.1. The van der Waals surface area contributed by atoms with E-state index in [9.17, 15) is 0 Å². The Kier molecular flexibility index (Phi) is 5.20. The molecule has 2 aromatic heterocycles. The van der Waals surface area contributed by atoms with Gasteiger partial charge < -0.3 is 14.6 Å². The number of hydrogen-bond donors (Lipinski definition) is 1. The molecule has 110 valence electrons. The van der Waals surface area contributed by atoms with Gasteiger partial charge in [-0.3, -0.25) is 0 Å². The molecule has 0 spiro atoms. The molecule has 2 atom stereocenters. The summed E-state index contributed by atoms with van der Waals surface area (Å²) in [5.41, 5.74) is 2.42. The van der Waals surface area contributed by atoms with Crippen molar-refractivity contribution in [1.82, 2.24) is 9.55 Å². The molecule has 0 bridgehead atoms. The van der Waals surface area contributed by atoms with E-state index in [1.807, 2.05) is 6.92 Å². The summed E-state index contributed by atoms with van der Waals surface area (Å²) in [4.78, 5) is 4.58. The number of nitrogens with zero attached hydrogens (tertiary/aromatic N) is 2. The Morgan fingerprint density at radius 1 is 1.45 bits per heavy atom. The maximum atomic E-state index is 5.17. The number of aromatic nitrogens is 2. The van der Waals surface area contributed by atoms with Crippen LogP contribution in [-0.4, -0.2) is 29.3 Å². The van der Waals surface area contributed by atoms with E-state index in [4.69, 9.17) is 4.74 Å². The molecule has 0 fully saturated rings. The molecule has 4 nitrogen and oxygen atoms in total. The molecule has 5 heteroatoms. The smallest absolute Gasteiger partial charge is 0.203 e. The van der Waals surface area contributed by atoms with Crippen molar-refractivity contribution in [2.24, 2.45) is 0 Å². The Morgan fingerprint density at radius 2 is 2.25 bits per heavy atom. The van der Waals surface area contributed by atoms with Crippen molar-refractivity contribution in [2.75, 3.05) is 19.0 Å². The molecule has 0 radical (unpaired) electrons. The predicted octanol–water partition coefficient (Wildman–Crippen LogP) is 3.50. The number of hydrogen-bond acceptors (Lipinski definition) is 4. The van der Waals surface area contributed by atoms with Crippen LogP contribution in [0.15, 0.2) is 23.0 Å². The van der Waals surface area contributed by atoms with Crippen LogP contribution < -0.4 is 5.32 Å². The van der Waals surface area contributed by atoms with E-state index in [-0.39, 0.29) is 6.04 Å². The Morgan fingerprint density at radius 3 is 2.90 bits per heavy atom. The minimum atomic E-state index is 0.244. The summed E-state index contributed by atoms with van der Waals surface area (Å²) >= 11 is 1.75. The number of aryl methyl sites for hydroxylation is 1. The first kappa shape index (κ1) is 15.1. The van der Waals surface area contributed by atoms with Gasteiger partial charge in [-0.25, -0.2) is 4.98 Å². The molecule has 0 aliphatic rings. The van der Waals surface area contributed by atoms with Crippen LogP contribution in [-0.2, 0) is 11.2 Å². The fraction of sp³-hybridized carbons (Fsp3) is 0.533. The Bertz CT molecular complexity index is 521. The fourth-order valence-electron chi connectivity index (χ4n) is 2.32. The zero-order chi connectivity index (χ0) is 14.5. The van der Waals surface area contributed by atoms with Gasteiger partial charge >= 0.3 is 0 Å². The zero-order valence-corrected chi connectivity index (χ0v) is 13.4. The van der Waals surface area contributed by atoms with E-state index in [0.29, 0.717) is 12.6 Å². The van der Waals surface area contributed by atoms with Gasteiger partial charge in [0.05, 0.1) is 12.3 Å². The molecule has 1 N–H and O–H groups in total. The Labute approximate surface area is 124 Å². The molecule has 0 aliphatic carbocycles. The van der Waals surface area contributed by atoms with Gasteiger partial charge in [-0.05, 0) is 49.6 Å². The lowest BCUT2D eigenvalue weighted by molar-refractivity contribution is 0.190. The molecular formula is C15H23N3OS. The highest BCUT2D eigenvalue weighted by Gasteiger charge is 2.14. The fourth-order valence-corrected chi connectivity index (χ4v) is 3.00. The average Bonchev–Trinajstić information content (AvgIpc) is 2.99. The minimum absolute atomic E-state index is 0.244. The Hall–Kier alpha value is -1.33. The van der Waals surface area contributed by atoms with Crippen molar-refractivity contribution in [2.45, 2.75) is 39.3 Å². The molecule has 0 saturated carbocycles. The third kappa shape index (κ3) is 3.84. The number of anilines is 1. The molecule has 2 unspecified atom stereocenters. The summed E-state index contributed by atoms with van der Waals surface area (Å²) in [6.45, 7) is 7.02. The molecular weight excluding hydrogens is 270 g/mol. The first-order valence-corrected chi connectivity index (χ1v) is 7.86. The summed E-state index contributed by atoms with van der Waals surface area (Å²) in [6, 6.07) is 2.81. The molecule has 2 aromatic rings. The van der Waals surface area contributed by atoms with Crippen molar-refractivity contribution in [3.8, 4) is 0 Å². The molecule has 0 amide bonds. The molecule has 20 heavy (non-hydrogen) atoms. The number of rotatable bonds is 7. The number of methoxy groups -OCH3 is 1. The van der Waals surface area contributed by atoms with Crippen molar-refractivity contribution < 1.29 is 4.74 Å². The number of ether oxygens (including phenoxy) is 1. The number of thiophene rings is 1. The van der Waals surface area contributed by atoms with Gasteiger partial charge in [-0.15, -0.1) is 0 Å². The third-order valence-electron chi connectivity index (χ3n) is 3.23. The van der Waals surface area contributed by atoms with Crippen LogP contribution in [0.1, 0.15) is 31.1 Å². The second-order valence-corrected chi connectivity index (χ2v) is 6.08. The maximum absolute atomic E-state index is 5.17. The van der Waals surface area contributed by atoms with E-state index in [0.717, 1.165) is 18.1 Å². The largest absolute Gasteiger partial charge is 0.383 e. The van der Waals surface area contributed by atoms with Crippen molar-refractivity contribution >= 4 is 17.3 Å². The summed E-state index contributed by atoms with van der Waals surface area (Å²) in [6.07, 6.45) is 3.13. The second kappa shape index (κ2) is 6.90. The van der Waals surface area contributed by atoms with Crippen LogP contribution in [0.5, 0.6) is 0 Å². The Balaban J connectivity index is 2.10. The quantitative estimate of drug-likeness (QED) is 0.849. The SMILES string of the molecule is COCC(C)Nc1nc(C)cn1C(C)Cc1ccsc1. The highest BCUT2D eigenvalue weighted by molar-refractivity contribution is 7.07. The van der Waals surface area contributed by atoms with Gasteiger partial charge in [-0.1, -0.05) is 0 Å². The zero-order valence-electron chi connectivity index (χ0n) is 12.6. The van der Waals surface area contributed by atoms with Gasteiger partial charge in [0.2, 0.25) is 5.95 Å². The van der Waals surface area contributed by atoms with Gasteiger partial charge in [0, 0.05) is 25.4 Å². The molecule has 0 aromatic carbocycles. The normalized spacial score (nSPS) is 14.2. The summed E-state index contributed by atoms with van der Waals surface area (Å²) < 4.78 is 7.39. The van der Waals surface area contributed by atoms with Gasteiger partial charge in [0.1, 0.15) is 0 Å². The molecule has 2 rings (SSSR count). The predicted molar refractivity (Wildman–Crippen MR) is 84.7 cm³/mol. The number of imidazole rings is 1. The van der Waals surface area contributed by atoms with Crippen molar-refractivity contribution in [1.29, 1.82) is 0 Å². The first-order chi connectivity index (χ1) is 9.60. The van der Waals surface area contributed by atoms with Crippen LogP contribution in [0.25, 0.3) is 0 Å². The lowest BCUT2D eigenvalue weighted by Crippen LogP contribution is -2.24. The summed E-state index contributed by atoms with van der Waals surface area (Å²) in [5, 5.41) is 7.76. The lowest BCUT2D eigenvalue weighted by Gasteiger charge is -2.19. The second-order valence-electron chi connectivity index (χ2n) is 5.30. The van der Waals surface area contributed by atoms with Crippen molar-refractivity contribution in [3.63, 3.8) is 0 Å². The standard InChI is InChI=1S/C15H23N3OS/c1-11-8-18(13(3)7-14-5-6-20-10-14)15(16-11)17-12(2)9-19-4/h5-6,8,10,12-13H,7,9H2,1-4H3,(H,16,17). The molecule has 2 heterocycles. The van der Waals surface area contributed by atoms with E-state index < -0.39 is 0 Å². The number of nitrogens with one attached hydrogen (secondary N) is 1.